The molecule has 0 spiro atoms. The average molecular weight is 549 g/mol. The molecule has 7 heteroatoms. The Labute approximate surface area is 233 Å². The van der Waals surface area contributed by atoms with Crippen molar-refractivity contribution in [2.45, 2.75) is 44.3 Å². The number of ether oxygens (including phenoxy) is 2. The van der Waals surface area contributed by atoms with Crippen molar-refractivity contribution in [2.75, 3.05) is 21.3 Å². The fourth-order valence-electron chi connectivity index (χ4n) is 5.37. The zero-order valence-corrected chi connectivity index (χ0v) is 23.6. The number of nitrogens with one attached hydrogen (secondary N) is 1. The molecular weight excluding hydrogens is 516 g/mol. The van der Waals surface area contributed by atoms with E-state index in [1.54, 1.807) is 14.2 Å². The number of hydrogen-bond donors (Lipinski definition) is 1. The Kier molecular flexibility index (Phi) is 8.22. The summed E-state index contributed by atoms with van der Waals surface area (Å²) in [5.41, 5.74) is 3.12. The molecule has 0 atom stereocenters. The Morgan fingerprint density at radius 1 is 0.974 bits per heavy atom. The van der Waals surface area contributed by atoms with Gasteiger partial charge in [-0.25, -0.2) is 0 Å². The maximum absolute atomic E-state index is 14.2. The van der Waals surface area contributed by atoms with Gasteiger partial charge in [-0.2, -0.15) is 0 Å². The van der Waals surface area contributed by atoms with Crippen molar-refractivity contribution >= 4 is 38.9 Å². The van der Waals surface area contributed by atoms with Crippen LogP contribution >= 0.6 is 22.9 Å². The van der Waals surface area contributed by atoms with Gasteiger partial charge in [-0.3, -0.25) is 4.79 Å². The summed E-state index contributed by atoms with van der Waals surface area (Å²) in [4.78, 5) is 16.8. The maximum Gasteiger partial charge on any atom is 0.266 e. The zero-order valence-electron chi connectivity index (χ0n) is 22.0. The molecule has 0 unspecified atom stereocenters. The first-order chi connectivity index (χ1) is 18.5. The van der Waals surface area contributed by atoms with E-state index >= 15 is 0 Å². The van der Waals surface area contributed by atoms with E-state index in [-0.39, 0.29) is 11.9 Å². The van der Waals surface area contributed by atoms with Crippen molar-refractivity contribution in [3.05, 3.63) is 82.2 Å². The molecule has 5 rings (SSSR count). The SMILES string of the molecule is CN[C@H]1CC[C@H](N(Cc2cc(-c3ccc(OC)cc3)ccc2OC)C(=O)c2sc3ccccc3c2Cl)CC1. The molecule has 1 aromatic heterocycles. The predicted molar refractivity (Wildman–Crippen MR) is 157 cm³/mol. The second-order valence-electron chi connectivity index (χ2n) is 9.72. The van der Waals surface area contributed by atoms with Crippen LogP contribution in [-0.4, -0.2) is 44.2 Å². The first-order valence-electron chi connectivity index (χ1n) is 13.0. The molecule has 1 aliphatic rings. The molecule has 1 saturated carbocycles. The molecule has 0 radical (unpaired) electrons. The number of amides is 1. The van der Waals surface area contributed by atoms with E-state index in [2.05, 4.69) is 17.4 Å². The van der Waals surface area contributed by atoms with Crippen LogP contribution in [0, 0.1) is 0 Å². The van der Waals surface area contributed by atoms with Gasteiger partial charge in [0.1, 0.15) is 16.4 Å². The molecule has 0 bridgehead atoms. The molecule has 1 N–H and O–H groups in total. The molecule has 1 fully saturated rings. The maximum atomic E-state index is 14.2. The Balaban J connectivity index is 1.51. The molecule has 1 heterocycles. The minimum Gasteiger partial charge on any atom is -0.497 e. The van der Waals surface area contributed by atoms with E-state index in [0.29, 0.717) is 22.5 Å². The Bertz CT molecular complexity index is 1410. The van der Waals surface area contributed by atoms with E-state index in [4.69, 9.17) is 21.1 Å². The lowest BCUT2D eigenvalue weighted by molar-refractivity contribution is 0.0604. The van der Waals surface area contributed by atoms with Crippen molar-refractivity contribution in [3.63, 3.8) is 0 Å². The molecule has 4 aromatic rings. The van der Waals surface area contributed by atoms with Gasteiger partial charge in [0.05, 0.1) is 19.2 Å². The average Bonchev–Trinajstić information content (AvgIpc) is 3.32. The third-order valence-corrected chi connectivity index (χ3v) is 9.24. The summed E-state index contributed by atoms with van der Waals surface area (Å²) in [6.45, 7) is 0.450. The number of thiophene rings is 1. The van der Waals surface area contributed by atoms with Crippen LogP contribution in [0.25, 0.3) is 21.2 Å². The van der Waals surface area contributed by atoms with Gasteiger partial charge in [-0.05, 0) is 74.2 Å². The normalized spacial score (nSPS) is 17.4. The molecular formula is C31H33ClN2O3S. The summed E-state index contributed by atoms with van der Waals surface area (Å²) < 4.78 is 12.1. The van der Waals surface area contributed by atoms with E-state index in [9.17, 15) is 4.79 Å². The van der Waals surface area contributed by atoms with Gasteiger partial charge < -0.3 is 19.7 Å². The van der Waals surface area contributed by atoms with Crippen LogP contribution in [0.4, 0.5) is 0 Å². The molecule has 5 nitrogen and oxygen atoms in total. The standard InChI is InChI=1S/C31H33ClN2O3S/c1-33-23-11-13-24(14-12-23)34(31(35)30-29(32)26-6-4-5-7-28(26)38-30)19-22-18-21(10-17-27(22)37-3)20-8-15-25(36-2)16-9-20/h4-10,15-18,23-24,33H,11-14,19H2,1-3H3/t23-,24-. The van der Waals surface area contributed by atoms with Gasteiger partial charge in [0, 0.05) is 34.3 Å². The van der Waals surface area contributed by atoms with Crippen LogP contribution in [0.3, 0.4) is 0 Å². The summed E-state index contributed by atoms with van der Waals surface area (Å²) in [7, 11) is 5.36. The second-order valence-corrected chi connectivity index (χ2v) is 11.2. The van der Waals surface area contributed by atoms with Gasteiger partial charge in [-0.1, -0.05) is 48.0 Å². The van der Waals surface area contributed by atoms with Crippen molar-refractivity contribution in [2.24, 2.45) is 0 Å². The van der Waals surface area contributed by atoms with Crippen molar-refractivity contribution in [1.29, 1.82) is 0 Å². The molecule has 0 aliphatic heterocycles. The number of carbonyl (C=O) groups excluding carboxylic acids is 1. The monoisotopic (exact) mass is 548 g/mol. The summed E-state index contributed by atoms with van der Waals surface area (Å²) >= 11 is 8.26. The van der Waals surface area contributed by atoms with E-state index in [0.717, 1.165) is 64.0 Å². The van der Waals surface area contributed by atoms with E-state index in [1.165, 1.54) is 11.3 Å². The first-order valence-corrected chi connectivity index (χ1v) is 14.2. The zero-order chi connectivity index (χ0) is 26.6. The number of nitrogens with zero attached hydrogens (tertiary/aromatic N) is 1. The number of fused-ring (bicyclic) bond motifs is 1. The third kappa shape index (κ3) is 5.39. The second kappa shape index (κ2) is 11.8. The molecule has 198 valence electrons. The third-order valence-electron chi connectivity index (χ3n) is 7.58. The molecule has 3 aromatic carbocycles. The lowest BCUT2D eigenvalue weighted by atomic mass is 9.89. The Morgan fingerprint density at radius 2 is 1.68 bits per heavy atom. The summed E-state index contributed by atoms with van der Waals surface area (Å²) in [6, 6.07) is 22.7. The molecule has 1 aliphatic carbocycles. The molecule has 38 heavy (non-hydrogen) atoms. The highest BCUT2D eigenvalue weighted by Crippen LogP contribution is 2.38. The first kappa shape index (κ1) is 26.5. The number of halogens is 1. The van der Waals surface area contributed by atoms with Gasteiger partial charge in [-0.15, -0.1) is 11.3 Å². The summed E-state index contributed by atoms with van der Waals surface area (Å²) in [5, 5.41) is 4.88. The lowest BCUT2D eigenvalue weighted by Gasteiger charge is -2.37. The molecule has 1 amide bonds. The number of rotatable bonds is 8. The van der Waals surface area contributed by atoms with Crippen molar-refractivity contribution in [3.8, 4) is 22.6 Å². The van der Waals surface area contributed by atoms with Gasteiger partial charge in [0.25, 0.3) is 5.91 Å². The van der Waals surface area contributed by atoms with Gasteiger partial charge in [0.2, 0.25) is 0 Å². The minimum atomic E-state index is -0.0130. The van der Waals surface area contributed by atoms with E-state index in [1.807, 2.05) is 66.5 Å². The van der Waals surface area contributed by atoms with Crippen LogP contribution in [0.1, 0.15) is 40.9 Å². The smallest absolute Gasteiger partial charge is 0.266 e. The van der Waals surface area contributed by atoms with Crippen LogP contribution in [0.5, 0.6) is 11.5 Å². The molecule has 0 saturated heterocycles. The van der Waals surface area contributed by atoms with Gasteiger partial charge in [0.15, 0.2) is 0 Å². The largest absolute Gasteiger partial charge is 0.497 e. The minimum absolute atomic E-state index is 0.0130. The van der Waals surface area contributed by atoms with E-state index < -0.39 is 0 Å². The number of hydrogen-bond acceptors (Lipinski definition) is 5. The van der Waals surface area contributed by atoms with Crippen LogP contribution < -0.4 is 14.8 Å². The van der Waals surface area contributed by atoms with Crippen LogP contribution in [0.2, 0.25) is 5.02 Å². The van der Waals surface area contributed by atoms with Crippen molar-refractivity contribution < 1.29 is 14.3 Å². The van der Waals surface area contributed by atoms with Crippen LogP contribution in [-0.2, 0) is 6.54 Å². The number of carbonyl (C=O) groups is 1. The fraction of sp³-hybridized carbons (Fsp3) is 0.323. The highest BCUT2D eigenvalue weighted by Gasteiger charge is 2.32. The predicted octanol–water partition coefficient (Wildman–Crippen LogP) is 7.41. The summed E-state index contributed by atoms with van der Waals surface area (Å²) in [5.74, 6) is 1.57. The highest BCUT2D eigenvalue weighted by atomic mass is 35.5. The summed E-state index contributed by atoms with van der Waals surface area (Å²) in [6.07, 6.45) is 3.96. The quantitative estimate of drug-likeness (QED) is 0.249. The Hall–Kier alpha value is -3.06. The fourth-order valence-corrected chi connectivity index (χ4v) is 6.84. The topological polar surface area (TPSA) is 50.8 Å². The number of methoxy groups -OCH3 is 2. The lowest BCUT2D eigenvalue weighted by Crippen LogP contribution is -2.44. The Morgan fingerprint density at radius 3 is 2.34 bits per heavy atom. The number of benzene rings is 3. The van der Waals surface area contributed by atoms with Gasteiger partial charge >= 0.3 is 0 Å². The van der Waals surface area contributed by atoms with Crippen molar-refractivity contribution in [1.82, 2.24) is 10.2 Å². The van der Waals surface area contributed by atoms with Crippen LogP contribution in [0.15, 0.2) is 66.7 Å². The highest BCUT2D eigenvalue weighted by molar-refractivity contribution is 7.21.